The zero-order valence-electron chi connectivity index (χ0n) is 3.66. The summed E-state index contributed by atoms with van der Waals surface area (Å²) in [4.78, 5) is 0. The van der Waals surface area contributed by atoms with E-state index in [-0.39, 0.29) is 0 Å². The van der Waals surface area contributed by atoms with E-state index in [4.69, 9.17) is 0 Å². The van der Waals surface area contributed by atoms with Crippen LogP contribution in [0.1, 0.15) is 0 Å². The average molecular weight is 96.1 g/mol. The first kappa shape index (κ1) is 4.05. The van der Waals surface area contributed by atoms with E-state index in [2.05, 4.69) is 21.5 Å². The fraction of sp³-hybridized carbons (Fsp3) is 0. The molecule has 0 unspecified atom stereocenters. The van der Waals surface area contributed by atoms with Crippen molar-refractivity contribution in [3.05, 3.63) is 24.9 Å². The summed E-state index contributed by atoms with van der Waals surface area (Å²) in [6, 6.07) is 0. The maximum Gasteiger partial charge on any atom is 0.258 e. The molecule has 36 valence electrons. The molecule has 0 amide bonds. The molecule has 0 aromatic heterocycles. The predicted octanol–water partition coefficient (Wildman–Crippen LogP) is 1.41. The van der Waals surface area contributed by atoms with Crippen LogP contribution in [0.2, 0.25) is 0 Å². The third kappa shape index (κ3) is 0.652. The third-order valence-corrected chi connectivity index (χ3v) is 0.529. The fourth-order valence-corrected chi connectivity index (χ4v) is 0.244. The van der Waals surface area contributed by atoms with Crippen molar-refractivity contribution in [1.29, 1.82) is 0 Å². The van der Waals surface area contributed by atoms with Crippen LogP contribution < -0.4 is 0 Å². The quantitative estimate of drug-likeness (QED) is 0.478. The molecule has 0 N–H and O–H groups in total. The molecule has 0 saturated carbocycles. The molecule has 0 saturated heterocycles. The van der Waals surface area contributed by atoms with Crippen LogP contribution in [0.25, 0.3) is 0 Å². The Balaban J connectivity index is 2.29. The van der Waals surface area contributed by atoms with Crippen LogP contribution >= 0.6 is 0 Å². The topological polar surface area (TPSA) is 34.0 Å². The molecule has 1 heterocycles. The van der Waals surface area contributed by atoms with E-state index in [1.54, 1.807) is 0 Å². The summed E-state index contributed by atoms with van der Waals surface area (Å²) in [6.07, 6.45) is 2.83. The van der Waals surface area contributed by atoms with E-state index in [1.165, 1.54) is 12.5 Å². The average Bonchev–Trinajstić information content (AvgIpc) is 1.55. The highest BCUT2D eigenvalue weighted by Gasteiger charge is 1.97. The van der Waals surface area contributed by atoms with Gasteiger partial charge < -0.3 is 4.74 Å². The Morgan fingerprint density at radius 1 is 1.86 bits per heavy atom. The normalized spacial score (nSPS) is 14.6. The van der Waals surface area contributed by atoms with Crippen LogP contribution in [-0.4, -0.2) is 0 Å². The highest BCUT2D eigenvalue weighted by atomic mass is 16.5. The molecule has 0 aromatic carbocycles. The van der Waals surface area contributed by atoms with E-state index < -0.39 is 0 Å². The predicted molar refractivity (Wildman–Crippen MR) is 24.2 cm³/mol. The minimum absolute atomic E-state index is 0.523. The van der Waals surface area contributed by atoms with Gasteiger partial charge in [0.15, 0.2) is 0 Å². The van der Waals surface area contributed by atoms with Crippen LogP contribution in [0.5, 0.6) is 0 Å². The van der Waals surface area contributed by atoms with Crippen molar-refractivity contribution in [2.45, 2.75) is 0 Å². The Kier molecular flexibility index (Phi) is 0.898. The fourth-order valence-electron chi connectivity index (χ4n) is 0.244. The molecular weight excluding hydrogens is 92.1 g/mol. The van der Waals surface area contributed by atoms with Crippen molar-refractivity contribution < 1.29 is 4.74 Å². The van der Waals surface area contributed by atoms with Gasteiger partial charge in [-0.1, -0.05) is 6.58 Å². The number of hydrogen-bond donors (Lipinski definition) is 0. The van der Waals surface area contributed by atoms with Crippen LogP contribution in [0, 0.1) is 0 Å². The molecule has 0 bridgehead atoms. The van der Waals surface area contributed by atoms with E-state index in [9.17, 15) is 0 Å². The monoisotopic (exact) mass is 96.0 g/mol. The first-order valence-electron chi connectivity index (χ1n) is 1.82. The Morgan fingerprint density at radius 3 is 2.71 bits per heavy atom. The van der Waals surface area contributed by atoms with Gasteiger partial charge in [0.2, 0.25) is 0 Å². The highest BCUT2D eigenvalue weighted by molar-refractivity contribution is 4.96. The second-order valence-corrected chi connectivity index (χ2v) is 0.967. The molecule has 3 heteroatoms. The Hall–Kier alpha value is -1.12. The molecule has 0 fully saturated rings. The summed E-state index contributed by atoms with van der Waals surface area (Å²) in [5, 5.41) is 6.86. The maximum atomic E-state index is 4.64. The summed E-state index contributed by atoms with van der Waals surface area (Å²) in [5.41, 5.74) is 0. The lowest BCUT2D eigenvalue weighted by molar-refractivity contribution is 0.330. The minimum atomic E-state index is 0.523. The summed E-state index contributed by atoms with van der Waals surface area (Å²) >= 11 is 0. The standard InChI is InChI=1S/C4H4N2O/c1-2-7-4-3-5-6-4/h2-3H,1H2. The number of azo groups is 1. The first-order valence-corrected chi connectivity index (χ1v) is 1.82. The zero-order chi connectivity index (χ0) is 5.11. The van der Waals surface area contributed by atoms with Crippen LogP contribution in [0.15, 0.2) is 35.2 Å². The van der Waals surface area contributed by atoms with E-state index in [0.717, 1.165) is 0 Å². The van der Waals surface area contributed by atoms with E-state index in [0.29, 0.717) is 5.88 Å². The number of ether oxygens (including phenoxy) is 1. The van der Waals surface area contributed by atoms with Crippen LogP contribution in [0.3, 0.4) is 0 Å². The van der Waals surface area contributed by atoms with Crippen LogP contribution in [-0.2, 0) is 4.74 Å². The SMILES string of the molecule is C=COC1=CN=N1. The molecule has 3 nitrogen and oxygen atoms in total. The van der Waals surface area contributed by atoms with Gasteiger partial charge >= 0.3 is 0 Å². The highest BCUT2D eigenvalue weighted by Crippen LogP contribution is 2.08. The van der Waals surface area contributed by atoms with Crippen molar-refractivity contribution in [3.8, 4) is 0 Å². The second kappa shape index (κ2) is 1.55. The number of rotatable bonds is 2. The van der Waals surface area contributed by atoms with E-state index >= 15 is 0 Å². The Labute approximate surface area is 41.0 Å². The Bertz CT molecular complexity index is 137. The lowest BCUT2D eigenvalue weighted by Gasteiger charge is -1.99. The van der Waals surface area contributed by atoms with Crippen LogP contribution in [0.4, 0.5) is 0 Å². The van der Waals surface area contributed by atoms with Gasteiger partial charge in [0.1, 0.15) is 6.20 Å². The lowest BCUT2D eigenvalue weighted by Crippen LogP contribution is -1.83. The van der Waals surface area contributed by atoms with Crippen molar-refractivity contribution >= 4 is 0 Å². The zero-order valence-corrected chi connectivity index (χ0v) is 3.66. The summed E-state index contributed by atoms with van der Waals surface area (Å²) in [5.74, 6) is 0.523. The van der Waals surface area contributed by atoms with Crippen molar-refractivity contribution in [1.82, 2.24) is 0 Å². The molecule has 0 aliphatic carbocycles. The van der Waals surface area contributed by atoms with Gasteiger partial charge in [-0.3, -0.25) is 0 Å². The van der Waals surface area contributed by atoms with E-state index in [1.807, 2.05) is 0 Å². The molecule has 1 aliphatic heterocycles. The second-order valence-electron chi connectivity index (χ2n) is 0.967. The largest absolute Gasteiger partial charge is 0.445 e. The first-order chi connectivity index (χ1) is 3.43. The molecule has 0 aromatic rings. The van der Waals surface area contributed by atoms with Gasteiger partial charge in [0, 0.05) is 0 Å². The molecule has 0 spiro atoms. The van der Waals surface area contributed by atoms with Crippen molar-refractivity contribution in [2.75, 3.05) is 0 Å². The minimum Gasteiger partial charge on any atom is -0.445 e. The number of hydrogen-bond acceptors (Lipinski definition) is 3. The molecule has 0 radical (unpaired) electrons. The molecule has 1 aliphatic rings. The third-order valence-electron chi connectivity index (χ3n) is 0.529. The van der Waals surface area contributed by atoms with Gasteiger partial charge in [-0.15, -0.1) is 10.2 Å². The Morgan fingerprint density at radius 2 is 2.57 bits per heavy atom. The van der Waals surface area contributed by atoms with Gasteiger partial charge in [-0.05, 0) is 0 Å². The van der Waals surface area contributed by atoms with Crippen molar-refractivity contribution in [3.63, 3.8) is 0 Å². The van der Waals surface area contributed by atoms with Gasteiger partial charge in [0.25, 0.3) is 5.88 Å². The maximum absolute atomic E-state index is 4.64. The molecular formula is C4H4N2O. The smallest absolute Gasteiger partial charge is 0.258 e. The summed E-state index contributed by atoms with van der Waals surface area (Å²) < 4.78 is 4.64. The molecule has 0 atom stereocenters. The van der Waals surface area contributed by atoms with Crippen molar-refractivity contribution in [2.24, 2.45) is 10.2 Å². The molecule has 1 rings (SSSR count). The number of nitrogens with zero attached hydrogens (tertiary/aromatic N) is 2. The molecule has 7 heavy (non-hydrogen) atoms. The summed E-state index contributed by atoms with van der Waals surface area (Å²) in [6.45, 7) is 3.32. The van der Waals surface area contributed by atoms with Gasteiger partial charge in [0.05, 0.1) is 6.26 Å². The van der Waals surface area contributed by atoms with Gasteiger partial charge in [-0.25, -0.2) is 0 Å². The van der Waals surface area contributed by atoms with Gasteiger partial charge in [-0.2, -0.15) is 0 Å². The summed E-state index contributed by atoms with van der Waals surface area (Å²) in [7, 11) is 0. The lowest BCUT2D eigenvalue weighted by atomic mass is 10.8.